The molecule has 3 rings (SSSR count). The number of amides is 1. The Hall–Kier alpha value is -3.06. The maximum atomic E-state index is 10.9. The van der Waals surface area contributed by atoms with Crippen LogP contribution in [0, 0.1) is 0 Å². The Labute approximate surface area is 191 Å². The lowest BCUT2D eigenvalue weighted by Gasteiger charge is -2.40. The quantitative estimate of drug-likeness (QED) is 0.466. The monoisotopic (exact) mass is 437 g/mol. The lowest BCUT2D eigenvalue weighted by atomic mass is 10.0. The largest absolute Gasteiger partial charge is 0.484 e. The fourth-order valence-corrected chi connectivity index (χ4v) is 4.11. The number of nitrogens with one attached hydrogen (secondary N) is 1. The summed E-state index contributed by atoms with van der Waals surface area (Å²) in [5.41, 5.74) is 7.58. The third-order valence-electron chi connectivity index (χ3n) is 5.65. The van der Waals surface area contributed by atoms with E-state index in [0.717, 1.165) is 50.7 Å². The van der Waals surface area contributed by atoms with Crippen molar-refractivity contribution in [3.63, 3.8) is 0 Å². The van der Waals surface area contributed by atoms with E-state index >= 15 is 0 Å². The highest BCUT2D eigenvalue weighted by Crippen LogP contribution is 2.25. The van der Waals surface area contributed by atoms with Crippen LogP contribution in [0.1, 0.15) is 37.4 Å². The average molecular weight is 438 g/mol. The van der Waals surface area contributed by atoms with Crippen LogP contribution < -0.4 is 15.8 Å². The van der Waals surface area contributed by atoms with Gasteiger partial charge < -0.3 is 20.7 Å². The zero-order chi connectivity index (χ0) is 22.8. The van der Waals surface area contributed by atoms with Crippen molar-refractivity contribution in [2.24, 2.45) is 10.7 Å². The molecule has 1 amide bonds. The van der Waals surface area contributed by atoms with Gasteiger partial charge in [-0.1, -0.05) is 49.4 Å². The number of nitrogens with zero attached hydrogens (tertiary/aromatic N) is 3. The molecule has 0 radical (unpaired) electrons. The van der Waals surface area contributed by atoms with Gasteiger partial charge in [0.15, 0.2) is 12.6 Å². The summed E-state index contributed by atoms with van der Waals surface area (Å²) in [6.45, 7) is 9.49. The molecule has 2 aromatic carbocycles. The predicted molar refractivity (Wildman–Crippen MR) is 129 cm³/mol. The number of carbonyl (C=O) groups is 1. The molecule has 1 aliphatic rings. The van der Waals surface area contributed by atoms with Crippen molar-refractivity contribution in [1.29, 1.82) is 0 Å². The summed E-state index contributed by atoms with van der Waals surface area (Å²) < 4.78 is 5.41. The number of guanidine groups is 1. The Balaban J connectivity index is 1.61. The molecule has 1 aliphatic heterocycles. The highest BCUT2D eigenvalue weighted by atomic mass is 16.5. The van der Waals surface area contributed by atoms with Crippen molar-refractivity contribution in [2.75, 3.05) is 39.3 Å². The van der Waals surface area contributed by atoms with E-state index in [0.29, 0.717) is 18.3 Å². The summed E-state index contributed by atoms with van der Waals surface area (Å²) in [5.74, 6) is 1.07. The number of hydrogen-bond donors (Lipinski definition) is 2. The van der Waals surface area contributed by atoms with Crippen molar-refractivity contribution in [1.82, 2.24) is 15.1 Å². The summed E-state index contributed by atoms with van der Waals surface area (Å²) in [6, 6.07) is 18.9. The molecule has 1 heterocycles. The van der Waals surface area contributed by atoms with Crippen molar-refractivity contribution in [2.45, 2.75) is 32.9 Å². The molecule has 32 heavy (non-hydrogen) atoms. The minimum atomic E-state index is -0.487. The first kappa shape index (κ1) is 23.6. The van der Waals surface area contributed by atoms with Crippen LogP contribution in [-0.2, 0) is 11.3 Å². The molecule has 0 saturated carbocycles. The summed E-state index contributed by atoms with van der Waals surface area (Å²) in [7, 11) is 0. The predicted octanol–water partition coefficient (Wildman–Crippen LogP) is 2.79. The topological polar surface area (TPSA) is 83.2 Å². The fourth-order valence-electron chi connectivity index (χ4n) is 4.11. The first-order chi connectivity index (χ1) is 15.6. The maximum Gasteiger partial charge on any atom is 0.255 e. The van der Waals surface area contributed by atoms with Gasteiger partial charge in [0, 0.05) is 38.8 Å². The Morgan fingerprint density at radius 2 is 1.84 bits per heavy atom. The van der Waals surface area contributed by atoms with Gasteiger partial charge in [-0.25, -0.2) is 4.99 Å². The summed E-state index contributed by atoms with van der Waals surface area (Å²) >= 11 is 0. The van der Waals surface area contributed by atoms with E-state index in [1.54, 1.807) is 0 Å². The molecule has 0 aliphatic carbocycles. The lowest BCUT2D eigenvalue weighted by Crippen LogP contribution is -2.53. The molecule has 1 atom stereocenters. The molecule has 0 bridgehead atoms. The van der Waals surface area contributed by atoms with E-state index < -0.39 is 5.91 Å². The van der Waals surface area contributed by atoms with Crippen molar-refractivity contribution < 1.29 is 9.53 Å². The van der Waals surface area contributed by atoms with Crippen LogP contribution in [0.2, 0.25) is 0 Å². The molecule has 0 aromatic heterocycles. The van der Waals surface area contributed by atoms with Crippen molar-refractivity contribution >= 4 is 11.9 Å². The van der Waals surface area contributed by atoms with Crippen LogP contribution in [-0.4, -0.2) is 61.0 Å². The number of piperazine rings is 1. The Morgan fingerprint density at radius 3 is 2.50 bits per heavy atom. The highest BCUT2D eigenvalue weighted by molar-refractivity contribution is 5.80. The zero-order valence-electron chi connectivity index (χ0n) is 19.2. The number of rotatable bonds is 9. The number of primary amides is 1. The summed E-state index contributed by atoms with van der Waals surface area (Å²) in [4.78, 5) is 20.7. The van der Waals surface area contributed by atoms with Gasteiger partial charge >= 0.3 is 0 Å². The Morgan fingerprint density at radius 1 is 1.09 bits per heavy atom. The number of ether oxygens (including phenoxy) is 1. The second-order valence-electron chi connectivity index (χ2n) is 7.93. The van der Waals surface area contributed by atoms with E-state index in [1.807, 2.05) is 24.3 Å². The van der Waals surface area contributed by atoms with E-state index in [2.05, 4.69) is 59.3 Å². The van der Waals surface area contributed by atoms with Gasteiger partial charge in [0.1, 0.15) is 5.75 Å². The standard InChI is InChI=1S/C25H35N5O2/c1-3-23(21-10-6-5-7-11-21)29-13-15-30(16-14-29)25(27-4-2)28-18-20-9-8-12-22(17-20)32-19-24(26)31/h5-12,17,23H,3-4,13-16,18-19H2,1-2H3,(H2,26,31)(H,27,28). The summed E-state index contributed by atoms with van der Waals surface area (Å²) in [6.07, 6.45) is 1.10. The zero-order valence-corrected chi connectivity index (χ0v) is 19.2. The van der Waals surface area contributed by atoms with Crippen LogP contribution in [0.25, 0.3) is 0 Å². The van der Waals surface area contributed by atoms with E-state index in [4.69, 9.17) is 15.5 Å². The Kier molecular flexibility index (Phi) is 8.92. The molecular weight excluding hydrogens is 402 g/mol. The molecule has 1 saturated heterocycles. The van der Waals surface area contributed by atoms with Crippen LogP contribution in [0.3, 0.4) is 0 Å². The first-order valence-corrected chi connectivity index (χ1v) is 11.4. The minimum Gasteiger partial charge on any atom is -0.484 e. The van der Waals surface area contributed by atoms with Crippen LogP contribution in [0.4, 0.5) is 0 Å². The normalized spacial score (nSPS) is 15.9. The lowest BCUT2D eigenvalue weighted by molar-refractivity contribution is -0.119. The van der Waals surface area contributed by atoms with E-state index in [-0.39, 0.29) is 6.61 Å². The third kappa shape index (κ3) is 6.72. The van der Waals surface area contributed by atoms with Crippen LogP contribution in [0.15, 0.2) is 59.6 Å². The first-order valence-electron chi connectivity index (χ1n) is 11.4. The fraction of sp³-hybridized carbons (Fsp3) is 0.440. The maximum absolute atomic E-state index is 10.9. The minimum absolute atomic E-state index is 0.124. The molecule has 2 aromatic rings. The van der Waals surface area contributed by atoms with Gasteiger partial charge in [-0.3, -0.25) is 9.69 Å². The molecule has 3 N–H and O–H groups in total. The van der Waals surface area contributed by atoms with Crippen LogP contribution in [0.5, 0.6) is 5.75 Å². The highest BCUT2D eigenvalue weighted by Gasteiger charge is 2.25. The van der Waals surface area contributed by atoms with Gasteiger partial charge in [0.2, 0.25) is 0 Å². The van der Waals surface area contributed by atoms with Crippen LogP contribution >= 0.6 is 0 Å². The SMILES string of the molecule is CCNC(=NCc1cccc(OCC(N)=O)c1)N1CCN(C(CC)c2ccccc2)CC1. The number of carbonyl (C=O) groups excluding carboxylic acids is 1. The molecule has 172 valence electrons. The smallest absolute Gasteiger partial charge is 0.255 e. The van der Waals surface area contributed by atoms with Gasteiger partial charge in [-0.05, 0) is 36.6 Å². The second-order valence-corrected chi connectivity index (χ2v) is 7.93. The van der Waals surface area contributed by atoms with E-state index in [1.165, 1.54) is 5.56 Å². The third-order valence-corrected chi connectivity index (χ3v) is 5.65. The van der Waals surface area contributed by atoms with E-state index in [9.17, 15) is 4.79 Å². The number of benzene rings is 2. The Bertz CT molecular complexity index is 879. The van der Waals surface area contributed by atoms with Gasteiger partial charge in [-0.15, -0.1) is 0 Å². The molecule has 1 unspecified atom stereocenters. The number of nitrogens with two attached hydrogens (primary N) is 1. The second kappa shape index (κ2) is 12.1. The number of aliphatic imine (C=N–C) groups is 1. The molecule has 0 spiro atoms. The van der Waals surface area contributed by atoms with Crippen molar-refractivity contribution in [3.8, 4) is 5.75 Å². The molecular formula is C25H35N5O2. The molecule has 1 fully saturated rings. The molecule has 7 heteroatoms. The van der Waals surface area contributed by atoms with Gasteiger partial charge in [0.25, 0.3) is 5.91 Å². The van der Waals surface area contributed by atoms with Gasteiger partial charge in [0.05, 0.1) is 6.54 Å². The average Bonchev–Trinajstić information content (AvgIpc) is 2.82. The summed E-state index contributed by atoms with van der Waals surface area (Å²) in [5, 5.41) is 3.43. The van der Waals surface area contributed by atoms with Crippen molar-refractivity contribution in [3.05, 3.63) is 65.7 Å². The number of hydrogen-bond acceptors (Lipinski definition) is 4. The molecule has 7 nitrogen and oxygen atoms in total. The van der Waals surface area contributed by atoms with Gasteiger partial charge in [-0.2, -0.15) is 0 Å².